The van der Waals surface area contributed by atoms with Crippen LogP contribution in [-0.2, 0) is 55.3 Å². The minimum atomic E-state index is -6.34. The Hall–Kier alpha value is -4.35. The SMILES string of the molecule is C/C(OS(=O)(=O)C(F)(F)F)=C(/C(=O)OCc1ccccc1)N1C(=O)[C@@H](NC(=O)Cc2ccccc2)[C@H]1SS(=O)(=O)c1ccccc1. The standard InChI is InChI=1S/C29H25F3N2O9S3/c1-19(43-46(40,41)29(30,31)32)25(28(37)42-18-21-13-7-3-8-14-21)34-26(36)24(33-23(35)17-20-11-5-2-6-12-20)27(34)44-45(38,39)22-15-9-4-10-16-22/h2-16,24,27H,17-18H2,1H3,(H,33,35)/b25-19+/t24-,27-/m1/s1. The van der Waals surface area contributed by atoms with Crippen molar-refractivity contribution in [1.29, 1.82) is 0 Å². The monoisotopic (exact) mass is 698 g/mol. The molecule has 1 saturated heterocycles. The number of ether oxygens (including phenoxy) is 1. The maximum Gasteiger partial charge on any atom is 0.534 e. The molecule has 0 saturated carbocycles. The number of esters is 1. The number of β-lactam (4-membered cyclic amide) rings is 1. The van der Waals surface area contributed by atoms with Crippen molar-refractivity contribution < 1.29 is 53.3 Å². The van der Waals surface area contributed by atoms with Crippen LogP contribution in [0, 0.1) is 0 Å². The highest BCUT2D eigenvalue weighted by Gasteiger charge is 2.56. The number of nitrogens with one attached hydrogen (secondary N) is 1. The lowest BCUT2D eigenvalue weighted by atomic mass is 10.0. The van der Waals surface area contributed by atoms with Crippen LogP contribution in [0.4, 0.5) is 13.2 Å². The van der Waals surface area contributed by atoms with Crippen LogP contribution in [0.5, 0.6) is 0 Å². The number of hydrogen-bond donors (Lipinski definition) is 1. The summed E-state index contributed by atoms with van der Waals surface area (Å²) < 4.78 is 99.4. The fraction of sp³-hybridized carbons (Fsp3) is 0.207. The largest absolute Gasteiger partial charge is 0.534 e. The van der Waals surface area contributed by atoms with Gasteiger partial charge in [-0.3, -0.25) is 14.5 Å². The summed E-state index contributed by atoms with van der Waals surface area (Å²) in [6, 6.07) is 21.5. The second-order valence-electron chi connectivity index (χ2n) is 9.62. The zero-order valence-corrected chi connectivity index (χ0v) is 26.2. The molecule has 3 aromatic carbocycles. The van der Waals surface area contributed by atoms with Gasteiger partial charge in [0.1, 0.15) is 23.8 Å². The highest BCUT2D eigenvalue weighted by atomic mass is 33.1. The van der Waals surface area contributed by atoms with E-state index in [0.717, 1.165) is 0 Å². The van der Waals surface area contributed by atoms with E-state index in [-0.39, 0.29) is 22.1 Å². The molecule has 0 aromatic heterocycles. The van der Waals surface area contributed by atoms with Gasteiger partial charge in [-0.25, -0.2) is 13.2 Å². The summed E-state index contributed by atoms with van der Waals surface area (Å²) in [4.78, 5) is 39.9. The van der Waals surface area contributed by atoms with E-state index in [2.05, 4.69) is 9.50 Å². The minimum Gasteiger partial charge on any atom is -0.456 e. The number of alkyl halides is 3. The summed E-state index contributed by atoms with van der Waals surface area (Å²) >= 11 is 0. The molecule has 1 heterocycles. The van der Waals surface area contributed by atoms with Gasteiger partial charge in [0, 0.05) is 10.8 Å². The molecular formula is C29H25F3N2O9S3. The van der Waals surface area contributed by atoms with Crippen LogP contribution in [0.25, 0.3) is 0 Å². The summed E-state index contributed by atoms with van der Waals surface area (Å²) in [5.74, 6) is -4.57. The Morgan fingerprint density at radius 1 is 0.870 bits per heavy atom. The molecule has 1 N–H and O–H groups in total. The van der Waals surface area contributed by atoms with Gasteiger partial charge in [-0.1, -0.05) is 78.9 Å². The molecule has 17 heteroatoms. The summed E-state index contributed by atoms with van der Waals surface area (Å²) in [6.45, 7) is 0.215. The van der Waals surface area contributed by atoms with Crippen LogP contribution < -0.4 is 5.32 Å². The van der Waals surface area contributed by atoms with Gasteiger partial charge in [0.15, 0.2) is 5.70 Å². The van der Waals surface area contributed by atoms with Gasteiger partial charge in [0.05, 0.1) is 11.3 Å². The first-order valence-electron chi connectivity index (χ1n) is 13.2. The Balaban J connectivity index is 1.73. The first-order chi connectivity index (χ1) is 21.6. The maximum absolute atomic E-state index is 13.5. The van der Waals surface area contributed by atoms with E-state index in [9.17, 15) is 44.4 Å². The fourth-order valence-electron chi connectivity index (χ4n) is 4.17. The predicted octanol–water partition coefficient (Wildman–Crippen LogP) is 3.85. The number of carbonyl (C=O) groups is 3. The van der Waals surface area contributed by atoms with Gasteiger partial charge in [-0.05, 0) is 30.2 Å². The highest BCUT2D eigenvalue weighted by molar-refractivity contribution is 8.72. The smallest absolute Gasteiger partial charge is 0.456 e. The van der Waals surface area contributed by atoms with Crippen LogP contribution >= 0.6 is 10.8 Å². The molecule has 0 unspecified atom stereocenters. The number of likely N-dealkylation sites (tertiary alicyclic amines) is 1. The number of rotatable bonds is 12. The average Bonchev–Trinajstić information content (AvgIpc) is 3.01. The molecule has 1 aliphatic heterocycles. The van der Waals surface area contributed by atoms with Crippen LogP contribution in [0.15, 0.2) is 107 Å². The Labute approximate surface area is 265 Å². The molecule has 0 radical (unpaired) electrons. The summed E-state index contributed by atoms with van der Waals surface area (Å²) in [5.41, 5.74) is -6.04. The Morgan fingerprint density at radius 3 is 1.93 bits per heavy atom. The van der Waals surface area contributed by atoms with Crippen LogP contribution in [0.1, 0.15) is 18.1 Å². The predicted molar refractivity (Wildman–Crippen MR) is 159 cm³/mol. The van der Waals surface area contributed by atoms with E-state index in [1.165, 1.54) is 24.3 Å². The number of amides is 2. The molecule has 11 nitrogen and oxygen atoms in total. The second-order valence-corrected chi connectivity index (χ2v) is 15.1. The first kappa shape index (κ1) is 34.5. The van der Waals surface area contributed by atoms with Crippen molar-refractivity contribution in [2.45, 2.75) is 41.8 Å². The van der Waals surface area contributed by atoms with Crippen LogP contribution in [0.3, 0.4) is 0 Å². The normalized spacial score (nSPS) is 17.4. The van der Waals surface area contributed by atoms with Gasteiger partial charge in [-0.15, -0.1) is 0 Å². The van der Waals surface area contributed by atoms with Crippen molar-refractivity contribution in [2.75, 3.05) is 0 Å². The van der Waals surface area contributed by atoms with E-state index in [4.69, 9.17) is 4.74 Å². The Kier molecular flexibility index (Phi) is 10.5. The molecule has 1 aliphatic rings. The second kappa shape index (κ2) is 14.0. The molecule has 0 spiro atoms. The summed E-state index contributed by atoms with van der Waals surface area (Å²) in [7, 11) is -10.6. The number of halogens is 3. The van der Waals surface area contributed by atoms with E-state index in [1.807, 2.05) is 0 Å². The lowest BCUT2D eigenvalue weighted by Gasteiger charge is -2.46. The fourth-order valence-corrected chi connectivity index (χ4v) is 8.16. The lowest BCUT2D eigenvalue weighted by Crippen LogP contribution is -2.70. The van der Waals surface area contributed by atoms with Gasteiger partial charge in [-0.2, -0.15) is 21.6 Å². The molecule has 0 aliphatic carbocycles. The summed E-state index contributed by atoms with van der Waals surface area (Å²) in [6.07, 6.45) is -0.221. The van der Waals surface area contributed by atoms with Crippen molar-refractivity contribution in [2.24, 2.45) is 0 Å². The molecule has 1 fully saturated rings. The maximum atomic E-state index is 13.5. The molecule has 0 bridgehead atoms. The van der Waals surface area contributed by atoms with Crippen LogP contribution in [-0.4, -0.2) is 56.4 Å². The van der Waals surface area contributed by atoms with Gasteiger partial charge < -0.3 is 14.2 Å². The van der Waals surface area contributed by atoms with Crippen molar-refractivity contribution >= 4 is 47.6 Å². The number of nitrogens with zero attached hydrogens (tertiary/aromatic N) is 1. The number of carbonyl (C=O) groups excluding carboxylic acids is 3. The topological polar surface area (TPSA) is 153 Å². The van der Waals surface area contributed by atoms with Gasteiger partial charge in [0.2, 0.25) is 14.8 Å². The van der Waals surface area contributed by atoms with E-state index in [1.54, 1.807) is 66.7 Å². The van der Waals surface area contributed by atoms with Gasteiger partial charge in [0.25, 0.3) is 5.91 Å². The zero-order chi connectivity index (χ0) is 33.7. The Morgan fingerprint density at radius 2 is 1.39 bits per heavy atom. The third-order valence-electron chi connectivity index (χ3n) is 6.32. The van der Waals surface area contributed by atoms with Crippen molar-refractivity contribution in [3.8, 4) is 0 Å². The number of allylic oxidation sites excluding steroid dienone is 1. The number of benzene rings is 3. The number of hydrogen-bond acceptors (Lipinski definition) is 10. The first-order valence-corrected chi connectivity index (χ1v) is 17.5. The van der Waals surface area contributed by atoms with Crippen molar-refractivity contribution in [1.82, 2.24) is 10.2 Å². The molecule has 2 amide bonds. The molecule has 4 rings (SSSR count). The molecule has 244 valence electrons. The zero-order valence-electron chi connectivity index (χ0n) is 23.7. The third-order valence-corrected chi connectivity index (χ3v) is 11.1. The van der Waals surface area contributed by atoms with Crippen molar-refractivity contribution in [3.05, 3.63) is 114 Å². The van der Waals surface area contributed by atoms with Gasteiger partial charge >= 0.3 is 21.6 Å². The highest BCUT2D eigenvalue weighted by Crippen LogP contribution is 2.41. The van der Waals surface area contributed by atoms with E-state index < -0.39 is 71.8 Å². The molecule has 46 heavy (non-hydrogen) atoms. The van der Waals surface area contributed by atoms with Crippen molar-refractivity contribution in [3.63, 3.8) is 0 Å². The molecule has 2 atom stereocenters. The minimum absolute atomic E-state index is 0.105. The Bertz CT molecular complexity index is 1840. The lowest BCUT2D eigenvalue weighted by molar-refractivity contribution is -0.153. The van der Waals surface area contributed by atoms with E-state index in [0.29, 0.717) is 23.0 Å². The summed E-state index contributed by atoms with van der Waals surface area (Å²) in [5, 5.41) is 0.726. The molecular weight excluding hydrogens is 674 g/mol. The average molecular weight is 699 g/mol. The van der Waals surface area contributed by atoms with E-state index >= 15 is 0 Å². The third kappa shape index (κ3) is 8.07. The molecule has 3 aromatic rings. The quantitative estimate of drug-likeness (QED) is 0.0562. The van der Waals surface area contributed by atoms with Crippen LogP contribution in [0.2, 0.25) is 0 Å².